The van der Waals surface area contributed by atoms with Crippen molar-refractivity contribution in [3.05, 3.63) is 11.6 Å². The second-order valence-corrected chi connectivity index (χ2v) is 22.6. The molecule has 25 atom stereocenters. The van der Waals surface area contributed by atoms with E-state index >= 15 is 0 Å². The molecule has 3 aliphatic heterocycles. The fourth-order valence-corrected chi connectivity index (χ4v) is 14.7. The van der Waals surface area contributed by atoms with Crippen molar-refractivity contribution in [3.8, 4) is 0 Å². The Morgan fingerprint density at radius 2 is 1.32 bits per heavy atom. The zero-order valence-electron chi connectivity index (χ0n) is 39.3. The largest absolute Gasteiger partial charge is 0.394 e. The maximum absolute atomic E-state index is 12.8. The summed E-state index contributed by atoms with van der Waals surface area (Å²) in [6, 6.07) is 0. The molecular weight excluding hydrogens is 852 g/mol. The van der Waals surface area contributed by atoms with Gasteiger partial charge in [0, 0.05) is 5.41 Å². The van der Waals surface area contributed by atoms with Gasteiger partial charge in [0.15, 0.2) is 18.9 Å². The molecule has 0 aromatic carbocycles. The van der Waals surface area contributed by atoms with Gasteiger partial charge in [0.2, 0.25) is 0 Å². The molecule has 0 aromatic rings. The molecule has 0 radical (unpaired) electrons. The van der Waals surface area contributed by atoms with Crippen LogP contribution < -0.4 is 0 Å². The summed E-state index contributed by atoms with van der Waals surface area (Å²) in [6.07, 6.45) is -16.4. The summed E-state index contributed by atoms with van der Waals surface area (Å²) >= 11 is 0. The highest BCUT2D eigenvalue weighted by atomic mass is 16.7. The molecule has 18 heteroatoms. The minimum Gasteiger partial charge on any atom is -0.394 e. The summed E-state index contributed by atoms with van der Waals surface area (Å²) in [6.45, 7) is 15.4. The van der Waals surface area contributed by atoms with Gasteiger partial charge in [0.1, 0.15) is 67.1 Å². The molecule has 0 spiro atoms. The van der Waals surface area contributed by atoms with E-state index in [9.17, 15) is 61.3 Å². The topological polar surface area (TPSA) is 298 Å². The molecule has 0 amide bonds. The lowest BCUT2D eigenvalue weighted by atomic mass is 9.37. The van der Waals surface area contributed by atoms with Gasteiger partial charge in [-0.2, -0.15) is 0 Å². The number of hydrogen-bond acceptors (Lipinski definition) is 18. The summed E-state index contributed by atoms with van der Waals surface area (Å²) in [4.78, 5) is 0. The molecule has 7 fully saturated rings. The van der Waals surface area contributed by atoms with Crippen molar-refractivity contribution in [1.29, 1.82) is 0 Å². The third-order valence-corrected chi connectivity index (χ3v) is 18.4. The molecule has 65 heavy (non-hydrogen) atoms. The highest BCUT2D eigenvalue weighted by molar-refractivity contribution is 5.21. The third kappa shape index (κ3) is 8.72. The monoisotopic (exact) mass is 933 g/mol. The highest BCUT2D eigenvalue weighted by Crippen LogP contribution is 2.75. The molecule has 0 bridgehead atoms. The lowest BCUT2D eigenvalue weighted by molar-refractivity contribution is -0.350. The summed E-state index contributed by atoms with van der Waals surface area (Å²) in [7, 11) is 0. The van der Waals surface area contributed by atoms with Crippen LogP contribution >= 0.6 is 0 Å². The van der Waals surface area contributed by atoms with Crippen molar-refractivity contribution in [2.45, 2.75) is 217 Å². The van der Waals surface area contributed by atoms with Crippen LogP contribution in [0.3, 0.4) is 0 Å². The Kier molecular flexibility index (Phi) is 15.1. The maximum atomic E-state index is 12.8. The van der Waals surface area contributed by atoms with Crippen molar-refractivity contribution >= 4 is 0 Å². The van der Waals surface area contributed by atoms with Crippen LogP contribution in [0, 0.1) is 45.3 Å². The molecule has 7 aliphatic rings. The fourth-order valence-electron chi connectivity index (χ4n) is 14.7. The molecule has 3 saturated heterocycles. The van der Waals surface area contributed by atoms with E-state index in [-0.39, 0.29) is 30.3 Å². The Morgan fingerprint density at radius 1 is 0.708 bits per heavy atom. The Morgan fingerprint density at radius 3 is 1.97 bits per heavy atom. The Balaban J connectivity index is 1.10. The van der Waals surface area contributed by atoms with Crippen LogP contribution in [0.1, 0.15) is 107 Å². The number of allylic oxidation sites excluding steroid dienone is 2. The second kappa shape index (κ2) is 19.0. The standard InChI is InChI=1S/C47H80O18/c1-21(2)10-9-14-46(7,65-42-38(59)34(55)32(53)26(18-48)62-42)29-13-15-45(6)22-11-12-28-43(3,4)39(24(49)17-44(28,5)23(22)16-30(51)47(29,45)8)64-41-37(58)35(56)33(54)27(63-41)20-61-40-36(57)31(52)25(50)19-60-40/h10,22-42,48-59H,9,11-20H2,1-8H3. The highest BCUT2D eigenvalue weighted by Gasteiger charge is 2.73. The summed E-state index contributed by atoms with van der Waals surface area (Å²) in [5.74, 6) is -0.101. The smallest absolute Gasteiger partial charge is 0.187 e. The van der Waals surface area contributed by atoms with Gasteiger partial charge in [-0.3, -0.25) is 0 Å². The van der Waals surface area contributed by atoms with E-state index in [0.29, 0.717) is 32.1 Å². The Labute approximate surface area is 382 Å². The zero-order valence-corrected chi connectivity index (χ0v) is 39.3. The first-order valence-corrected chi connectivity index (χ1v) is 23.9. The fraction of sp³-hybridized carbons (Fsp3) is 0.957. The number of rotatable bonds is 12. The van der Waals surface area contributed by atoms with Crippen LogP contribution in [0.15, 0.2) is 11.6 Å². The third-order valence-electron chi connectivity index (χ3n) is 18.4. The minimum absolute atomic E-state index is 0.00162. The number of fused-ring (bicyclic) bond motifs is 5. The predicted octanol–water partition coefficient (Wildman–Crippen LogP) is -0.417. The summed E-state index contributed by atoms with van der Waals surface area (Å²) in [5, 5.41) is 130. The average molecular weight is 933 g/mol. The van der Waals surface area contributed by atoms with Gasteiger partial charge in [-0.25, -0.2) is 0 Å². The van der Waals surface area contributed by atoms with Gasteiger partial charge in [0.05, 0.1) is 43.7 Å². The molecule has 0 aromatic heterocycles. The van der Waals surface area contributed by atoms with Crippen molar-refractivity contribution in [2.75, 3.05) is 19.8 Å². The van der Waals surface area contributed by atoms with Crippen molar-refractivity contribution in [3.63, 3.8) is 0 Å². The van der Waals surface area contributed by atoms with Gasteiger partial charge in [-0.05, 0) is 112 Å². The Hall–Kier alpha value is -0.980. The molecule has 376 valence electrons. The predicted molar refractivity (Wildman–Crippen MR) is 229 cm³/mol. The van der Waals surface area contributed by atoms with E-state index in [1.54, 1.807) is 0 Å². The molecule has 25 unspecified atom stereocenters. The first-order chi connectivity index (χ1) is 30.3. The van der Waals surface area contributed by atoms with Gasteiger partial charge in [-0.15, -0.1) is 0 Å². The number of aliphatic hydroxyl groups excluding tert-OH is 12. The van der Waals surface area contributed by atoms with Crippen LogP contribution in [0.2, 0.25) is 0 Å². The molecule has 3 heterocycles. The van der Waals surface area contributed by atoms with E-state index in [1.165, 1.54) is 0 Å². The molecule has 7 rings (SSSR count). The van der Waals surface area contributed by atoms with Crippen molar-refractivity contribution in [2.24, 2.45) is 45.3 Å². The lowest BCUT2D eigenvalue weighted by Gasteiger charge is -2.69. The molecule has 4 aliphatic carbocycles. The number of ether oxygens (including phenoxy) is 6. The SMILES string of the molecule is CC(C)=CCCC(C)(OC1OC(CO)C(O)C(O)C1O)C1CCC2(C)C3CCC4C(C)(C)C(OC5OC(COC6OCC(O)C(O)C6O)C(O)C(O)C5O)C(O)CC4(C)C3CC(O)C12C. The van der Waals surface area contributed by atoms with Crippen molar-refractivity contribution in [1.82, 2.24) is 0 Å². The van der Waals surface area contributed by atoms with E-state index in [0.717, 1.165) is 24.8 Å². The van der Waals surface area contributed by atoms with E-state index in [1.807, 2.05) is 34.6 Å². The first kappa shape index (κ1) is 51.9. The normalized spacial score (nSPS) is 53.0. The summed E-state index contributed by atoms with van der Waals surface area (Å²) in [5.41, 5.74) is -2.11. The van der Waals surface area contributed by atoms with Gasteiger partial charge in [0.25, 0.3) is 0 Å². The van der Waals surface area contributed by atoms with Crippen LogP contribution in [-0.2, 0) is 28.4 Å². The summed E-state index contributed by atoms with van der Waals surface area (Å²) < 4.78 is 36.1. The maximum Gasteiger partial charge on any atom is 0.187 e. The average Bonchev–Trinajstić information content (AvgIpc) is 3.54. The Bertz CT molecular complexity index is 1660. The molecule has 12 N–H and O–H groups in total. The van der Waals surface area contributed by atoms with Crippen LogP contribution in [0.5, 0.6) is 0 Å². The van der Waals surface area contributed by atoms with E-state index < -0.39 is 145 Å². The van der Waals surface area contributed by atoms with E-state index in [4.69, 9.17) is 28.4 Å². The second-order valence-electron chi connectivity index (χ2n) is 22.6. The minimum atomic E-state index is -1.72. The van der Waals surface area contributed by atoms with Crippen LogP contribution in [-0.4, -0.2) is 191 Å². The number of hydrogen-bond donors (Lipinski definition) is 12. The van der Waals surface area contributed by atoms with Crippen molar-refractivity contribution < 1.29 is 89.7 Å². The molecule has 18 nitrogen and oxygen atoms in total. The molecule has 4 saturated carbocycles. The van der Waals surface area contributed by atoms with Gasteiger partial charge >= 0.3 is 0 Å². The van der Waals surface area contributed by atoms with Crippen LogP contribution in [0.4, 0.5) is 0 Å². The lowest BCUT2D eigenvalue weighted by Crippen LogP contribution is -2.69. The van der Waals surface area contributed by atoms with Gasteiger partial charge in [-0.1, -0.05) is 46.3 Å². The zero-order chi connectivity index (χ0) is 47.9. The molecular formula is C47H80O18. The van der Waals surface area contributed by atoms with E-state index in [2.05, 4.69) is 26.8 Å². The van der Waals surface area contributed by atoms with Gasteiger partial charge < -0.3 is 89.7 Å². The van der Waals surface area contributed by atoms with Crippen LogP contribution in [0.25, 0.3) is 0 Å². The first-order valence-electron chi connectivity index (χ1n) is 23.9. The number of aliphatic hydroxyl groups is 12. The quantitative estimate of drug-likeness (QED) is 0.0874.